The van der Waals surface area contributed by atoms with Crippen LogP contribution in [0.3, 0.4) is 0 Å². The zero-order valence-electron chi connectivity index (χ0n) is 13.4. The van der Waals surface area contributed by atoms with Crippen LogP contribution in [-0.4, -0.2) is 30.5 Å². The van der Waals surface area contributed by atoms with Crippen molar-refractivity contribution in [3.05, 3.63) is 69.8 Å². The van der Waals surface area contributed by atoms with E-state index in [1.165, 1.54) is 31.4 Å². The van der Waals surface area contributed by atoms with Gasteiger partial charge >= 0.3 is 5.97 Å². The minimum Gasteiger partial charge on any atom is -0.484 e. The number of amides is 1. The molecule has 0 unspecified atom stereocenters. The largest absolute Gasteiger partial charge is 0.484 e. The van der Waals surface area contributed by atoms with Crippen LogP contribution in [-0.2, 0) is 16.1 Å². The van der Waals surface area contributed by atoms with Crippen molar-refractivity contribution < 1.29 is 24.0 Å². The van der Waals surface area contributed by atoms with Crippen LogP contribution in [0.2, 0.25) is 0 Å². The van der Waals surface area contributed by atoms with E-state index in [9.17, 15) is 19.7 Å². The molecule has 0 bridgehead atoms. The summed E-state index contributed by atoms with van der Waals surface area (Å²) in [6.45, 7) is 0.0714. The van der Waals surface area contributed by atoms with Crippen molar-refractivity contribution in [2.75, 3.05) is 13.7 Å². The van der Waals surface area contributed by atoms with Crippen LogP contribution in [0.1, 0.15) is 15.9 Å². The van der Waals surface area contributed by atoms with Crippen molar-refractivity contribution in [3.63, 3.8) is 0 Å². The fraction of sp³-hybridized carbons (Fsp3) is 0.176. The molecule has 0 saturated heterocycles. The highest BCUT2D eigenvalue weighted by atomic mass is 16.6. The van der Waals surface area contributed by atoms with Crippen LogP contribution in [0.4, 0.5) is 5.69 Å². The first-order valence-corrected chi connectivity index (χ1v) is 7.31. The SMILES string of the molecule is COC(=O)c1ccc(CNC(=O)COc2ccc([N+](=O)[O-])cc2)cc1. The fourth-order valence-electron chi connectivity index (χ4n) is 1.94. The summed E-state index contributed by atoms with van der Waals surface area (Å²) in [7, 11) is 1.31. The Kier molecular flexibility index (Phi) is 6.05. The molecule has 2 aromatic carbocycles. The van der Waals surface area contributed by atoms with E-state index in [4.69, 9.17) is 4.74 Å². The molecule has 1 amide bonds. The van der Waals surface area contributed by atoms with Crippen molar-refractivity contribution in [2.45, 2.75) is 6.54 Å². The van der Waals surface area contributed by atoms with Gasteiger partial charge in [-0.25, -0.2) is 4.79 Å². The third-order valence-corrected chi connectivity index (χ3v) is 3.28. The highest BCUT2D eigenvalue weighted by Gasteiger charge is 2.07. The van der Waals surface area contributed by atoms with Gasteiger partial charge in [0.25, 0.3) is 11.6 Å². The number of esters is 1. The molecule has 0 aliphatic carbocycles. The van der Waals surface area contributed by atoms with Crippen LogP contribution < -0.4 is 10.1 Å². The number of nitrogens with zero attached hydrogens (tertiary/aromatic N) is 1. The van der Waals surface area contributed by atoms with Crippen molar-refractivity contribution >= 4 is 17.6 Å². The minimum atomic E-state index is -0.512. The number of ether oxygens (including phenoxy) is 2. The molecule has 0 aliphatic rings. The molecule has 0 radical (unpaired) electrons. The van der Waals surface area contributed by atoms with E-state index < -0.39 is 10.9 Å². The van der Waals surface area contributed by atoms with Crippen molar-refractivity contribution in [1.82, 2.24) is 5.32 Å². The monoisotopic (exact) mass is 344 g/mol. The van der Waals surface area contributed by atoms with E-state index in [1.54, 1.807) is 24.3 Å². The Bertz CT molecular complexity index is 756. The Morgan fingerprint density at radius 3 is 2.28 bits per heavy atom. The van der Waals surface area contributed by atoms with Crippen LogP contribution >= 0.6 is 0 Å². The first-order valence-electron chi connectivity index (χ1n) is 7.31. The molecule has 8 nitrogen and oxygen atoms in total. The number of methoxy groups -OCH3 is 1. The maximum Gasteiger partial charge on any atom is 0.337 e. The van der Waals surface area contributed by atoms with Gasteiger partial charge in [-0.2, -0.15) is 0 Å². The summed E-state index contributed by atoms with van der Waals surface area (Å²) >= 11 is 0. The first kappa shape index (κ1) is 17.9. The number of hydrogen-bond acceptors (Lipinski definition) is 6. The zero-order valence-corrected chi connectivity index (χ0v) is 13.4. The number of benzene rings is 2. The van der Waals surface area contributed by atoms with Crippen LogP contribution in [0, 0.1) is 10.1 Å². The summed E-state index contributed by atoms with van der Waals surface area (Å²) in [6.07, 6.45) is 0. The molecule has 1 N–H and O–H groups in total. The molecule has 2 aromatic rings. The number of hydrogen-bond donors (Lipinski definition) is 1. The van der Waals surface area contributed by atoms with Gasteiger partial charge in [0.05, 0.1) is 17.6 Å². The highest BCUT2D eigenvalue weighted by Crippen LogP contribution is 2.17. The Labute approximate surface area is 143 Å². The highest BCUT2D eigenvalue weighted by molar-refractivity contribution is 5.89. The minimum absolute atomic E-state index is 0.0489. The lowest BCUT2D eigenvalue weighted by Gasteiger charge is -2.08. The molecular formula is C17H16N2O6. The van der Waals surface area contributed by atoms with Gasteiger partial charge < -0.3 is 14.8 Å². The van der Waals surface area contributed by atoms with Gasteiger partial charge in [-0.15, -0.1) is 0 Å². The summed E-state index contributed by atoms with van der Waals surface area (Å²) in [4.78, 5) is 33.1. The summed E-state index contributed by atoms with van der Waals surface area (Å²) in [5.74, 6) is -0.398. The van der Waals surface area contributed by atoms with Gasteiger partial charge in [-0.3, -0.25) is 14.9 Å². The maximum atomic E-state index is 11.8. The van der Waals surface area contributed by atoms with Crippen LogP contribution in [0.25, 0.3) is 0 Å². The summed E-state index contributed by atoms with van der Waals surface area (Å²) in [5, 5.41) is 13.2. The van der Waals surface area contributed by atoms with Crippen LogP contribution in [0.5, 0.6) is 5.75 Å². The molecule has 0 aliphatic heterocycles. The van der Waals surface area contributed by atoms with Gasteiger partial charge in [0.1, 0.15) is 5.75 Å². The molecule has 0 heterocycles. The van der Waals surface area contributed by atoms with Gasteiger partial charge in [-0.1, -0.05) is 12.1 Å². The predicted molar refractivity (Wildman–Crippen MR) is 88.2 cm³/mol. The Morgan fingerprint density at radius 2 is 1.72 bits per heavy atom. The molecule has 2 rings (SSSR count). The summed E-state index contributed by atoms with van der Waals surface area (Å²) < 4.78 is 9.87. The van der Waals surface area contributed by atoms with Gasteiger partial charge in [0.15, 0.2) is 6.61 Å². The van der Waals surface area contributed by atoms with E-state index in [0.29, 0.717) is 11.3 Å². The van der Waals surface area contributed by atoms with Gasteiger partial charge in [0.2, 0.25) is 0 Å². The Hall–Kier alpha value is -3.42. The van der Waals surface area contributed by atoms with Crippen LogP contribution in [0.15, 0.2) is 48.5 Å². The summed E-state index contributed by atoms with van der Waals surface area (Å²) in [6, 6.07) is 12.1. The van der Waals surface area contributed by atoms with E-state index in [2.05, 4.69) is 10.1 Å². The quantitative estimate of drug-likeness (QED) is 0.468. The standard InChI is InChI=1S/C17H16N2O6/c1-24-17(21)13-4-2-12(3-5-13)10-18-16(20)11-25-15-8-6-14(7-9-15)19(22)23/h2-9H,10-11H2,1H3,(H,18,20). The normalized spacial score (nSPS) is 9.96. The molecule has 0 spiro atoms. The Balaban J connectivity index is 1.78. The van der Waals surface area contributed by atoms with Gasteiger partial charge in [-0.05, 0) is 29.8 Å². The fourth-order valence-corrected chi connectivity index (χ4v) is 1.94. The summed E-state index contributed by atoms with van der Waals surface area (Å²) in [5.41, 5.74) is 1.20. The van der Waals surface area contributed by atoms with E-state index in [0.717, 1.165) is 5.56 Å². The lowest BCUT2D eigenvalue weighted by molar-refractivity contribution is -0.384. The molecule has 130 valence electrons. The van der Waals surface area contributed by atoms with E-state index in [1.807, 2.05) is 0 Å². The molecule has 0 fully saturated rings. The molecule has 8 heteroatoms. The van der Waals surface area contributed by atoms with Crippen molar-refractivity contribution in [3.8, 4) is 5.75 Å². The second kappa shape index (κ2) is 8.44. The molecule has 0 aromatic heterocycles. The smallest absolute Gasteiger partial charge is 0.337 e. The number of rotatable bonds is 7. The number of carbonyl (C=O) groups is 2. The second-order valence-corrected chi connectivity index (χ2v) is 5.00. The van der Waals surface area contributed by atoms with E-state index >= 15 is 0 Å². The number of nitro groups is 1. The molecule has 0 atom stereocenters. The predicted octanol–water partition coefficient (Wildman–Crippen LogP) is 2.08. The number of carbonyl (C=O) groups excluding carboxylic acids is 2. The average Bonchev–Trinajstić information content (AvgIpc) is 2.64. The third kappa shape index (κ3) is 5.31. The number of nitro benzene ring substituents is 1. The maximum absolute atomic E-state index is 11.8. The molecule has 0 saturated carbocycles. The number of non-ortho nitro benzene ring substituents is 1. The van der Waals surface area contributed by atoms with E-state index in [-0.39, 0.29) is 24.7 Å². The average molecular weight is 344 g/mol. The lowest BCUT2D eigenvalue weighted by atomic mass is 10.1. The first-order chi connectivity index (χ1) is 12.0. The lowest BCUT2D eigenvalue weighted by Crippen LogP contribution is -2.28. The third-order valence-electron chi connectivity index (χ3n) is 3.28. The topological polar surface area (TPSA) is 108 Å². The molecule has 25 heavy (non-hydrogen) atoms. The second-order valence-electron chi connectivity index (χ2n) is 5.00. The zero-order chi connectivity index (χ0) is 18.2. The Morgan fingerprint density at radius 1 is 1.08 bits per heavy atom. The number of nitrogens with one attached hydrogen (secondary N) is 1. The van der Waals surface area contributed by atoms with Crippen molar-refractivity contribution in [1.29, 1.82) is 0 Å². The van der Waals surface area contributed by atoms with Gasteiger partial charge in [0, 0.05) is 18.7 Å². The van der Waals surface area contributed by atoms with Crippen molar-refractivity contribution in [2.24, 2.45) is 0 Å². The molecular weight excluding hydrogens is 328 g/mol.